The third-order valence-corrected chi connectivity index (χ3v) is 3.00. The summed E-state index contributed by atoms with van der Waals surface area (Å²) in [7, 11) is 1.61. The van der Waals surface area contributed by atoms with Crippen LogP contribution >= 0.6 is 0 Å². The number of H-pyrrole nitrogens is 1. The summed E-state index contributed by atoms with van der Waals surface area (Å²) in [5.41, 5.74) is 0.565. The Morgan fingerprint density at radius 2 is 1.65 bits per heavy atom. The first-order valence-corrected chi connectivity index (χ1v) is 6.20. The van der Waals surface area contributed by atoms with Crippen LogP contribution in [0.2, 0.25) is 0 Å². The molecule has 3 rings (SSSR count). The highest BCUT2D eigenvalue weighted by Gasteiger charge is 2.05. The number of hydrogen-bond acceptors (Lipinski definition) is 3. The predicted octanol–water partition coefficient (Wildman–Crippen LogP) is 3.33. The second-order valence-electron chi connectivity index (χ2n) is 4.32. The molecule has 0 aliphatic rings. The molecule has 0 radical (unpaired) electrons. The van der Waals surface area contributed by atoms with Crippen molar-refractivity contribution in [1.29, 1.82) is 0 Å². The largest absolute Gasteiger partial charge is 0.497 e. The van der Waals surface area contributed by atoms with Gasteiger partial charge in [-0.25, -0.2) is 0 Å². The van der Waals surface area contributed by atoms with Crippen molar-refractivity contribution in [2.24, 2.45) is 0 Å². The Hall–Kier alpha value is -2.75. The first-order chi connectivity index (χ1) is 9.76. The van der Waals surface area contributed by atoms with Gasteiger partial charge in [0, 0.05) is 11.5 Å². The zero-order valence-corrected chi connectivity index (χ0v) is 10.9. The van der Waals surface area contributed by atoms with Crippen molar-refractivity contribution in [3.63, 3.8) is 0 Å². The SMILES string of the molecule is COc1ccc(Oc2cc(=O)[nH]c3ccccc23)cc1. The van der Waals surface area contributed by atoms with Gasteiger partial charge in [-0.1, -0.05) is 12.1 Å². The Balaban J connectivity index is 2.03. The molecule has 4 nitrogen and oxygen atoms in total. The number of ether oxygens (including phenoxy) is 2. The summed E-state index contributed by atoms with van der Waals surface area (Å²) in [4.78, 5) is 14.4. The van der Waals surface area contributed by atoms with Gasteiger partial charge in [0.15, 0.2) is 0 Å². The average Bonchev–Trinajstić information content (AvgIpc) is 2.48. The van der Waals surface area contributed by atoms with Crippen molar-refractivity contribution in [2.75, 3.05) is 7.11 Å². The first-order valence-electron chi connectivity index (χ1n) is 6.20. The zero-order valence-electron chi connectivity index (χ0n) is 10.9. The number of benzene rings is 2. The van der Waals surface area contributed by atoms with Crippen LogP contribution in [0.5, 0.6) is 17.2 Å². The second kappa shape index (κ2) is 5.09. The number of methoxy groups -OCH3 is 1. The molecule has 0 aliphatic carbocycles. The van der Waals surface area contributed by atoms with Gasteiger partial charge in [0.1, 0.15) is 17.2 Å². The third kappa shape index (κ3) is 2.36. The van der Waals surface area contributed by atoms with Crippen LogP contribution in [0.15, 0.2) is 59.4 Å². The minimum Gasteiger partial charge on any atom is -0.497 e. The number of aromatic amines is 1. The first kappa shape index (κ1) is 12.3. The van der Waals surface area contributed by atoms with Gasteiger partial charge in [0.05, 0.1) is 12.6 Å². The zero-order chi connectivity index (χ0) is 13.9. The lowest BCUT2D eigenvalue weighted by Gasteiger charge is -2.09. The Morgan fingerprint density at radius 3 is 2.40 bits per heavy atom. The van der Waals surface area contributed by atoms with Crippen molar-refractivity contribution in [3.05, 3.63) is 65.0 Å². The highest BCUT2D eigenvalue weighted by molar-refractivity contribution is 5.84. The molecule has 20 heavy (non-hydrogen) atoms. The number of hydrogen-bond donors (Lipinski definition) is 1. The lowest BCUT2D eigenvalue weighted by atomic mass is 10.2. The maximum absolute atomic E-state index is 11.6. The highest BCUT2D eigenvalue weighted by Crippen LogP contribution is 2.28. The fourth-order valence-corrected chi connectivity index (χ4v) is 2.03. The lowest BCUT2D eigenvalue weighted by Crippen LogP contribution is -2.04. The third-order valence-electron chi connectivity index (χ3n) is 3.00. The summed E-state index contributed by atoms with van der Waals surface area (Å²) in [5.74, 6) is 1.95. The normalized spacial score (nSPS) is 10.4. The molecular weight excluding hydrogens is 254 g/mol. The van der Waals surface area contributed by atoms with E-state index in [4.69, 9.17) is 9.47 Å². The van der Waals surface area contributed by atoms with Gasteiger partial charge in [-0.2, -0.15) is 0 Å². The minimum atomic E-state index is -0.188. The van der Waals surface area contributed by atoms with Gasteiger partial charge in [-0.15, -0.1) is 0 Å². The fraction of sp³-hybridized carbons (Fsp3) is 0.0625. The molecular formula is C16H13NO3. The fourth-order valence-electron chi connectivity index (χ4n) is 2.03. The Labute approximate surface area is 115 Å². The van der Waals surface area contributed by atoms with E-state index in [0.717, 1.165) is 16.7 Å². The van der Waals surface area contributed by atoms with Gasteiger partial charge in [0.2, 0.25) is 0 Å². The van der Waals surface area contributed by atoms with E-state index in [1.807, 2.05) is 36.4 Å². The van der Waals surface area contributed by atoms with E-state index in [-0.39, 0.29) is 5.56 Å². The van der Waals surface area contributed by atoms with Crippen LogP contribution in [0.1, 0.15) is 0 Å². The topological polar surface area (TPSA) is 51.3 Å². The molecule has 0 spiro atoms. The Bertz CT molecular complexity index is 791. The Morgan fingerprint density at radius 1 is 0.950 bits per heavy atom. The van der Waals surface area contributed by atoms with E-state index in [2.05, 4.69) is 4.98 Å². The van der Waals surface area contributed by atoms with Gasteiger partial charge in [0.25, 0.3) is 5.56 Å². The number of nitrogens with one attached hydrogen (secondary N) is 1. The molecule has 0 atom stereocenters. The monoisotopic (exact) mass is 267 g/mol. The van der Waals surface area contributed by atoms with Crippen LogP contribution in [0.3, 0.4) is 0 Å². The lowest BCUT2D eigenvalue weighted by molar-refractivity contribution is 0.413. The molecule has 1 N–H and O–H groups in total. The molecule has 0 amide bonds. The van der Waals surface area contributed by atoms with Gasteiger partial charge in [-0.3, -0.25) is 4.79 Å². The van der Waals surface area contributed by atoms with Gasteiger partial charge < -0.3 is 14.5 Å². The molecule has 2 aromatic carbocycles. The van der Waals surface area contributed by atoms with Crippen molar-refractivity contribution in [3.8, 4) is 17.2 Å². The maximum Gasteiger partial charge on any atom is 0.252 e. The van der Waals surface area contributed by atoms with Crippen LogP contribution in [-0.4, -0.2) is 12.1 Å². The summed E-state index contributed by atoms with van der Waals surface area (Å²) >= 11 is 0. The quantitative estimate of drug-likeness (QED) is 0.792. The number of para-hydroxylation sites is 1. The number of fused-ring (bicyclic) bond motifs is 1. The number of aromatic nitrogens is 1. The number of pyridine rings is 1. The molecule has 0 saturated heterocycles. The molecule has 1 heterocycles. The van der Waals surface area contributed by atoms with E-state index in [1.54, 1.807) is 19.2 Å². The van der Waals surface area contributed by atoms with Gasteiger partial charge in [-0.05, 0) is 36.4 Å². The van der Waals surface area contributed by atoms with Crippen molar-refractivity contribution < 1.29 is 9.47 Å². The molecule has 100 valence electrons. The standard InChI is InChI=1S/C16H13NO3/c1-19-11-6-8-12(9-7-11)20-15-10-16(18)17-14-5-3-2-4-13(14)15/h2-10H,1H3,(H,17,18). The van der Waals surface area contributed by atoms with E-state index >= 15 is 0 Å². The van der Waals surface area contributed by atoms with Gasteiger partial charge >= 0.3 is 0 Å². The summed E-state index contributed by atoms with van der Waals surface area (Å²) < 4.78 is 10.9. The molecule has 0 fully saturated rings. The molecule has 0 bridgehead atoms. The van der Waals surface area contributed by atoms with Crippen molar-refractivity contribution >= 4 is 10.9 Å². The maximum atomic E-state index is 11.6. The summed E-state index contributed by atoms with van der Waals surface area (Å²) in [6.45, 7) is 0. The smallest absolute Gasteiger partial charge is 0.252 e. The van der Waals surface area contributed by atoms with Crippen LogP contribution in [-0.2, 0) is 0 Å². The van der Waals surface area contributed by atoms with E-state index in [0.29, 0.717) is 11.5 Å². The van der Waals surface area contributed by atoms with E-state index < -0.39 is 0 Å². The van der Waals surface area contributed by atoms with Crippen LogP contribution in [0.4, 0.5) is 0 Å². The summed E-state index contributed by atoms with van der Waals surface area (Å²) in [5, 5.41) is 0.864. The van der Waals surface area contributed by atoms with E-state index in [9.17, 15) is 4.79 Å². The second-order valence-corrected chi connectivity index (χ2v) is 4.32. The number of rotatable bonds is 3. The molecule has 4 heteroatoms. The average molecular weight is 267 g/mol. The van der Waals surface area contributed by atoms with Crippen molar-refractivity contribution in [1.82, 2.24) is 4.98 Å². The van der Waals surface area contributed by atoms with E-state index in [1.165, 1.54) is 6.07 Å². The molecule has 0 saturated carbocycles. The molecule has 3 aromatic rings. The van der Waals surface area contributed by atoms with Crippen LogP contribution in [0.25, 0.3) is 10.9 Å². The molecule has 0 unspecified atom stereocenters. The Kier molecular flexibility index (Phi) is 3.13. The van der Waals surface area contributed by atoms with Crippen LogP contribution in [0, 0.1) is 0 Å². The van der Waals surface area contributed by atoms with Crippen molar-refractivity contribution in [2.45, 2.75) is 0 Å². The summed E-state index contributed by atoms with van der Waals surface area (Å²) in [6, 6.07) is 16.2. The summed E-state index contributed by atoms with van der Waals surface area (Å²) in [6.07, 6.45) is 0. The molecule has 1 aromatic heterocycles. The minimum absolute atomic E-state index is 0.188. The molecule has 0 aliphatic heterocycles. The predicted molar refractivity (Wildman–Crippen MR) is 77.6 cm³/mol. The van der Waals surface area contributed by atoms with Crippen LogP contribution < -0.4 is 15.0 Å². The highest BCUT2D eigenvalue weighted by atomic mass is 16.5.